The number of piperazine rings is 1. The topological polar surface area (TPSA) is 65.6 Å². The van der Waals surface area contributed by atoms with E-state index in [4.69, 9.17) is 4.74 Å². The normalized spacial score (nSPS) is 18.8. The number of nitrogens with zero attached hydrogens (tertiary/aromatic N) is 2. The van der Waals surface area contributed by atoms with Crippen molar-refractivity contribution >= 4 is 22.8 Å². The number of carbonyl (C=O) groups excluding carboxylic acids is 2. The number of aromatic nitrogens is 1. The second-order valence-electron chi connectivity index (χ2n) is 6.04. The number of carbonyl (C=O) groups is 2. The van der Waals surface area contributed by atoms with Crippen LogP contribution >= 0.6 is 0 Å². The van der Waals surface area contributed by atoms with Crippen LogP contribution < -0.4 is 0 Å². The van der Waals surface area contributed by atoms with Gasteiger partial charge in [0.15, 0.2) is 0 Å². The predicted octanol–water partition coefficient (Wildman–Crippen LogP) is 1.17. The van der Waals surface area contributed by atoms with Gasteiger partial charge >= 0.3 is 5.97 Å². The maximum atomic E-state index is 13.2. The van der Waals surface area contributed by atoms with Crippen LogP contribution in [0.1, 0.15) is 5.56 Å². The number of fused-ring (bicyclic) bond motifs is 1. The van der Waals surface area contributed by atoms with Crippen LogP contribution in [0.4, 0.5) is 4.39 Å². The molecular formula is C17H20FN3O3. The molecule has 6 nitrogen and oxygen atoms in total. The molecule has 3 rings (SSSR count). The Hall–Kier alpha value is -2.41. The number of benzene rings is 1. The molecule has 0 aliphatic carbocycles. The fraction of sp³-hybridized carbons (Fsp3) is 0.412. The molecule has 1 aliphatic rings. The molecule has 24 heavy (non-hydrogen) atoms. The van der Waals surface area contributed by atoms with E-state index in [1.54, 1.807) is 17.2 Å². The summed E-state index contributed by atoms with van der Waals surface area (Å²) in [4.78, 5) is 31.0. The lowest BCUT2D eigenvalue weighted by molar-refractivity contribution is -0.150. The number of likely N-dealkylation sites (N-methyl/N-ethyl adjacent to an activating group) is 1. The lowest BCUT2D eigenvalue weighted by atomic mass is 10.1. The van der Waals surface area contributed by atoms with E-state index >= 15 is 0 Å². The third-order valence-electron chi connectivity index (χ3n) is 4.55. The fourth-order valence-corrected chi connectivity index (χ4v) is 3.07. The first-order valence-electron chi connectivity index (χ1n) is 7.81. The summed E-state index contributed by atoms with van der Waals surface area (Å²) in [5.41, 5.74) is 1.49. The van der Waals surface area contributed by atoms with E-state index in [-0.39, 0.29) is 24.1 Å². The van der Waals surface area contributed by atoms with Crippen molar-refractivity contribution in [3.63, 3.8) is 0 Å². The van der Waals surface area contributed by atoms with Crippen molar-refractivity contribution in [2.75, 3.05) is 33.8 Å². The molecule has 0 saturated carbocycles. The summed E-state index contributed by atoms with van der Waals surface area (Å²) in [5, 5.41) is 0.836. The highest BCUT2D eigenvalue weighted by Gasteiger charge is 2.32. The van der Waals surface area contributed by atoms with Crippen molar-refractivity contribution in [2.24, 2.45) is 0 Å². The van der Waals surface area contributed by atoms with Gasteiger partial charge < -0.3 is 14.6 Å². The molecule has 0 radical (unpaired) electrons. The number of H-pyrrole nitrogens is 1. The number of amides is 1. The molecule has 2 aromatic rings. The maximum Gasteiger partial charge on any atom is 0.324 e. The van der Waals surface area contributed by atoms with Crippen LogP contribution in [-0.2, 0) is 20.7 Å². The van der Waals surface area contributed by atoms with Gasteiger partial charge in [0.1, 0.15) is 11.9 Å². The number of hydrogen-bond acceptors (Lipinski definition) is 4. The first-order valence-corrected chi connectivity index (χ1v) is 7.81. The molecule has 1 fully saturated rings. The molecule has 0 spiro atoms. The number of rotatable bonds is 3. The zero-order valence-electron chi connectivity index (χ0n) is 13.7. The van der Waals surface area contributed by atoms with Gasteiger partial charge in [-0.2, -0.15) is 0 Å². The van der Waals surface area contributed by atoms with Crippen LogP contribution in [0, 0.1) is 5.82 Å². The van der Waals surface area contributed by atoms with Gasteiger partial charge in [-0.15, -0.1) is 0 Å². The van der Waals surface area contributed by atoms with Gasteiger partial charge in [0.05, 0.1) is 13.5 Å². The van der Waals surface area contributed by atoms with Gasteiger partial charge in [-0.3, -0.25) is 14.5 Å². The minimum atomic E-state index is -0.440. The number of nitrogens with one attached hydrogen (secondary N) is 1. The molecular weight excluding hydrogens is 313 g/mol. The molecule has 1 aliphatic heterocycles. The van der Waals surface area contributed by atoms with Gasteiger partial charge in [0.2, 0.25) is 5.91 Å². The molecule has 1 aromatic heterocycles. The SMILES string of the molecule is COC(=O)[C@H]1CN(C(=O)Cc2c[nH]c3cc(F)ccc23)CCN1C. The summed E-state index contributed by atoms with van der Waals surface area (Å²) >= 11 is 0. The highest BCUT2D eigenvalue weighted by molar-refractivity contribution is 5.89. The van der Waals surface area contributed by atoms with Crippen LogP contribution in [0.5, 0.6) is 0 Å². The lowest BCUT2D eigenvalue weighted by Gasteiger charge is -2.37. The Morgan fingerprint density at radius 1 is 1.38 bits per heavy atom. The van der Waals surface area contributed by atoms with Crippen molar-refractivity contribution in [2.45, 2.75) is 12.5 Å². The standard InChI is InChI=1S/C17H20FN3O3/c1-20-5-6-21(10-15(20)17(23)24-2)16(22)7-11-9-19-14-8-12(18)3-4-13(11)14/h3-4,8-9,15,19H,5-7,10H2,1-2H3/t15-/m1/s1. The van der Waals surface area contributed by atoms with E-state index in [1.807, 2.05) is 11.9 Å². The summed E-state index contributed by atoms with van der Waals surface area (Å²) in [5.74, 6) is -0.706. The van der Waals surface area contributed by atoms with Gasteiger partial charge in [-0.05, 0) is 30.8 Å². The van der Waals surface area contributed by atoms with E-state index in [2.05, 4.69) is 4.98 Å². The second-order valence-corrected chi connectivity index (χ2v) is 6.04. The Balaban J connectivity index is 1.73. The monoisotopic (exact) mass is 333 g/mol. The molecule has 0 bridgehead atoms. The number of hydrogen-bond donors (Lipinski definition) is 1. The minimum Gasteiger partial charge on any atom is -0.468 e. The fourth-order valence-electron chi connectivity index (χ4n) is 3.07. The molecule has 7 heteroatoms. The average Bonchev–Trinajstić information content (AvgIpc) is 2.96. The number of aromatic amines is 1. The molecule has 0 unspecified atom stereocenters. The van der Waals surface area contributed by atoms with Crippen molar-refractivity contribution < 1.29 is 18.7 Å². The first-order chi connectivity index (χ1) is 11.5. The minimum absolute atomic E-state index is 0.0535. The first kappa shape index (κ1) is 16.4. The second kappa shape index (κ2) is 6.60. The number of methoxy groups -OCH3 is 1. The highest BCUT2D eigenvalue weighted by Crippen LogP contribution is 2.21. The van der Waals surface area contributed by atoms with E-state index in [0.29, 0.717) is 25.2 Å². The quantitative estimate of drug-likeness (QED) is 0.856. The Morgan fingerprint density at radius 3 is 2.92 bits per heavy atom. The van der Waals surface area contributed by atoms with Gasteiger partial charge in [0, 0.05) is 36.7 Å². The van der Waals surface area contributed by atoms with Crippen molar-refractivity contribution in [3.8, 4) is 0 Å². The Kier molecular flexibility index (Phi) is 4.53. The molecule has 2 heterocycles. The van der Waals surface area contributed by atoms with Crippen molar-refractivity contribution in [1.82, 2.24) is 14.8 Å². The van der Waals surface area contributed by atoms with Crippen LogP contribution in [-0.4, -0.2) is 66.5 Å². The highest BCUT2D eigenvalue weighted by atomic mass is 19.1. The zero-order chi connectivity index (χ0) is 17.3. The van der Waals surface area contributed by atoms with Crippen LogP contribution in [0.2, 0.25) is 0 Å². The summed E-state index contributed by atoms with van der Waals surface area (Å²) in [6.45, 7) is 1.50. The molecule has 1 amide bonds. The molecule has 1 atom stereocenters. The number of halogens is 1. The third-order valence-corrected chi connectivity index (χ3v) is 4.55. The average molecular weight is 333 g/mol. The Labute approximate surface area is 139 Å². The Morgan fingerprint density at radius 2 is 2.17 bits per heavy atom. The van der Waals surface area contributed by atoms with Crippen LogP contribution in [0.25, 0.3) is 10.9 Å². The van der Waals surface area contributed by atoms with E-state index in [1.165, 1.54) is 19.2 Å². The van der Waals surface area contributed by atoms with E-state index < -0.39 is 6.04 Å². The molecule has 1 aromatic carbocycles. The van der Waals surface area contributed by atoms with Crippen molar-refractivity contribution in [1.29, 1.82) is 0 Å². The maximum absolute atomic E-state index is 13.2. The van der Waals surface area contributed by atoms with Crippen LogP contribution in [0.15, 0.2) is 24.4 Å². The smallest absolute Gasteiger partial charge is 0.324 e. The molecule has 128 valence electrons. The van der Waals surface area contributed by atoms with Gasteiger partial charge in [-0.25, -0.2) is 4.39 Å². The summed E-state index contributed by atoms with van der Waals surface area (Å²) in [7, 11) is 3.19. The largest absolute Gasteiger partial charge is 0.468 e. The molecule has 1 saturated heterocycles. The lowest BCUT2D eigenvalue weighted by Crippen LogP contribution is -2.56. The van der Waals surface area contributed by atoms with Crippen molar-refractivity contribution in [3.05, 3.63) is 35.8 Å². The summed E-state index contributed by atoms with van der Waals surface area (Å²) in [6.07, 6.45) is 1.94. The third kappa shape index (κ3) is 3.12. The number of esters is 1. The summed E-state index contributed by atoms with van der Waals surface area (Å²) in [6, 6.07) is 4.02. The summed E-state index contributed by atoms with van der Waals surface area (Å²) < 4.78 is 18.0. The number of ether oxygens (including phenoxy) is 1. The zero-order valence-corrected chi connectivity index (χ0v) is 13.7. The van der Waals surface area contributed by atoms with Gasteiger partial charge in [0.25, 0.3) is 0 Å². The Bertz CT molecular complexity index is 774. The molecule has 1 N–H and O–H groups in total. The van der Waals surface area contributed by atoms with E-state index in [0.717, 1.165) is 10.9 Å². The van der Waals surface area contributed by atoms with Gasteiger partial charge in [-0.1, -0.05) is 0 Å². The van der Waals surface area contributed by atoms with E-state index in [9.17, 15) is 14.0 Å². The predicted molar refractivity (Wildman–Crippen MR) is 87.0 cm³/mol. The van der Waals surface area contributed by atoms with Crippen LogP contribution in [0.3, 0.4) is 0 Å².